The minimum Gasteiger partial charge on any atom is -0.493 e. The van der Waals surface area contributed by atoms with Gasteiger partial charge < -0.3 is 14.2 Å². The van der Waals surface area contributed by atoms with Crippen molar-refractivity contribution in [3.63, 3.8) is 0 Å². The Bertz CT molecular complexity index is 626. The maximum atomic E-state index is 11.4. The fourth-order valence-electron chi connectivity index (χ4n) is 1.89. The molecule has 0 fully saturated rings. The third kappa shape index (κ3) is 3.67. The number of ether oxygens (including phenoxy) is 3. The van der Waals surface area contributed by atoms with Gasteiger partial charge >= 0.3 is 0 Å². The van der Waals surface area contributed by atoms with Crippen LogP contribution in [0.4, 0.5) is 0 Å². The fourth-order valence-corrected chi connectivity index (χ4v) is 1.99. The minimum atomic E-state index is -0.583. The second-order valence-electron chi connectivity index (χ2n) is 4.26. The first-order valence-electron chi connectivity index (χ1n) is 6.28. The van der Waals surface area contributed by atoms with E-state index in [2.05, 4.69) is 0 Å². The van der Waals surface area contributed by atoms with Gasteiger partial charge in [0.15, 0.2) is 11.5 Å². The molecule has 0 saturated carbocycles. The van der Waals surface area contributed by atoms with Gasteiger partial charge in [0.05, 0.1) is 14.2 Å². The van der Waals surface area contributed by atoms with Gasteiger partial charge in [-0.25, -0.2) is 0 Å². The highest BCUT2D eigenvalue weighted by molar-refractivity contribution is 6.67. The van der Waals surface area contributed by atoms with E-state index in [-0.39, 0.29) is 5.56 Å². The summed E-state index contributed by atoms with van der Waals surface area (Å²) in [6.07, 6.45) is 0. The van der Waals surface area contributed by atoms with Crippen LogP contribution in [0.15, 0.2) is 42.5 Å². The van der Waals surface area contributed by atoms with Crippen LogP contribution in [-0.4, -0.2) is 19.5 Å². The van der Waals surface area contributed by atoms with Crippen LogP contribution >= 0.6 is 11.6 Å². The lowest BCUT2D eigenvalue weighted by Gasteiger charge is -2.15. The summed E-state index contributed by atoms with van der Waals surface area (Å²) in [4.78, 5) is 11.4. The molecule has 0 N–H and O–H groups in total. The molecule has 0 aliphatic rings. The lowest BCUT2D eigenvalue weighted by Crippen LogP contribution is -2.01. The van der Waals surface area contributed by atoms with E-state index in [0.717, 1.165) is 5.56 Å². The van der Waals surface area contributed by atoms with Crippen molar-refractivity contribution >= 4 is 16.8 Å². The van der Waals surface area contributed by atoms with Crippen molar-refractivity contribution < 1.29 is 19.0 Å². The molecule has 0 bridgehead atoms. The molecule has 0 aliphatic carbocycles. The molecule has 2 aromatic carbocycles. The average Bonchev–Trinajstić information content (AvgIpc) is 2.52. The van der Waals surface area contributed by atoms with Gasteiger partial charge in [-0.2, -0.15) is 0 Å². The highest BCUT2D eigenvalue weighted by Crippen LogP contribution is 2.39. The van der Waals surface area contributed by atoms with Crippen molar-refractivity contribution in [2.24, 2.45) is 0 Å². The molecule has 0 spiro atoms. The first-order valence-corrected chi connectivity index (χ1v) is 6.66. The average molecular weight is 307 g/mol. The molecule has 0 amide bonds. The molecule has 21 heavy (non-hydrogen) atoms. The van der Waals surface area contributed by atoms with Crippen molar-refractivity contribution in [2.45, 2.75) is 6.61 Å². The predicted molar refractivity (Wildman–Crippen MR) is 80.5 cm³/mol. The molecule has 0 radical (unpaired) electrons. The van der Waals surface area contributed by atoms with Gasteiger partial charge in [0.25, 0.3) is 5.24 Å². The van der Waals surface area contributed by atoms with Gasteiger partial charge in [0.2, 0.25) is 5.75 Å². The van der Waals surface area contributed by atoms with Crippen LogP contribution in [-0.2, 0) is 6.61 Å². The van der Waals surface area contributed by atoms with Crippen LogP contribution in [0, 0.1) is 0 Å². The molecular weight excluding hydrogens is 292 g/mol. The molecule has 5 heteroatoms. The van der Waals surface area contributed by atoms with Crippen molar-refractivity contribution in [1.82, 2.24) is 0 Å². The lowest BCUT2D eigenvalue weighted by molar-refractivity contribution is 0.108. The van der Waals surface area contributed by atoms with Gasteiger partial charge in [-0.3, -0.25) is 4.79 Å². The summed E-state index contributed by atoms with van der Waals surface area (Å²) >= 11 is 5.53. The summed E-state index contributed by atoms with van der Waals surface area (Å²) in [6, 6.07) is 12.7. The summed E-state index contributed by atoms with van der Waals surface area (Å²) in [5, 5.41) is -0.583. The minimum absolute atomic E-state index is 0.289. The van der Waals surface area contributed by atoms with Crippen LogP contribution in [0.2, 0.25) is 0 Å². The third-order valence-corrected chi connectivity index (χ3v) is 3.13. The van der Waals surface area contributed by atoms with Crippen LogP contribution in [0.3, 0.4) is 0 Å². The second kappa shape index (κ2) is 6.99. The van der Waals surface area contributed by atoms with Gasteiger partial charge in [0.1, 0.15) is 6.61 Å². The summed E-state index contributed by atoms with van der Waals surface area (Å²) in [5.74, 6) is 1.23. The number of carbonyl (C=O) groups excluding carboxylic acids is 1. The van der Waals surface area contributed by atoms with E-state index in [4.69, 9.17) is 25.8 Å². The number of carbonyl (C=O) groups is 1. The van der Waals surface area contributed by atoms with E-state index in [1.807, 2.05) is 30.3 Å². The Hall–Kier alpha value is -2.20. The molecule has 0 atom stereocenters. The maximum Gasteiger partial charge on any atom is 0.252 e. The number of benzene rings is 2. The van der Waals surface area contributed by atoms with Gasteiger partial charge in [-0.1, -0.05) is 30.3 Å². The van der Waals surface area contributed by atoms with Gasteiger partial charge in [0, 0.05) is 5.56 Å². The van der Waals surface area contributed by atoms with E-state index >= 15 is 0 Å². The molecule has 0 heterocycles. The number of hydrogen-bond donors (Lipinski definition) is 0. The van der Waals surface area contributed by atoms with E-state index < -0.39 is 5.24 Å². The Morgan fingerprint density at radius 1 is 1.05 bits per heavy atom. The van der Waals surface area contributed by atoms with Crippen LogP contribution in [0.25, 0.3) is 0 Å². The van der Waals surface area contributed by atoms with Crippen molar-refractivity contribution in [2.75, 3.05) is 14.2 Å². The summed E-state index contributed by atoms with van der Waals surface area (Å²) in [7, 11) is 3.00. The topological polar surface area (TPSA) is 44.8 Å². The van der Waals surface area contributed by atoms with Crippen LogP contribution < -0.4 is 14.2 Å². The molecule has 4 nitrogen and oxygen atoms in total. The van der Waals surface area contributed by atoms with Crippen molar-refractivity contribution in [3.8, 4) is 17.2 Å². The van der Waals surface area contributed by atoms with E-state index in [1.54, 1.807) is 6.07 Å². The smallest absolute Gasteiger partial charge is 0.252 e. The standard InChI is InChI=1S/C16H15ClO4/c1-19-13-8-12(16(17)18)9-14(15(13)20-2)21-10-11-6-4-3-5-7-11/h3-9H,10H2,1-2H3. The first-order chi connectivity index (χ1) is 10.2. The largest absolute Gasteiger partial charge is 0.493 e. The zero-order valence-corrected chi connectivity index (χ0v) is 12.5. The van der Waals surface area contributed by atoms with Gasteiger partial charge in [-0.15, -0.1) is 0 Å². The lowest BCUT2D eigenvalue weighted by atomic mass is 10.2. The molecule has 110 valence electrons. The van der Waals surface area contributed by atoms with Crippen molar-refractivity contribution in [3.05, 3.63) is 53.6 Å². The zero-order chi connectivity index (χ0) is 15.2. The van der Waals surface area contributed by atoms with Crippen molar-refractivity contribution in [1.29, 1.82) is 0 Å². The van der Waals surface area contributed by atoms with Gasteiger partial charge in [-0.05, 0) is 29.3 Å². The third-order valence-electron chi connectivity index (χ3n) is 2.91. The second-order valence-corrected chi connectivity index (χ2v) is 4.60. The van der Waals surface area contributed by atoms with Crippen LogP contribution in [0.5, 0.6) is 17.2 Å². The summed E-state index contributed by atoms with van der Waals surface area (Å²) < 4.78 is 16.2. The Balaban J connectivity index is 2.31. The summed E-state index contributed by atoms with van der Waals surface area (Å²) in [6.45, 7) is 0.348. The van der Waals surface area contributed by atoms with E-state index in [0.29, 0.717) is 23.9 Å². The molecule has 2 aromatic rings. The normalized spacial score (nSPS) is 10.0. The molecule has 0 saturated heterocycles. The predicted octanol–water partition coefficient (Wildman–Crippen LogP) is 3.66. The maximum absolute atomic E-state index is 11.4. The Labute approximate surface area is 128 Å². The quantitative estimate of drug-likeness (QED) is 0.764. The monoisotopic (exact) mass is 306 g/mol. The molecular formula is C16H15ClO4. The highest BCUT2D eigenvalue weighted by Gasteiger charge is 2.16. The highest BCUT2D eigenvalue weighted by atomic mass is 35.5. The van der Waals surface area contributed by atoms with E-state index in [1.165, 1.54) is 20.3 Å². The number of rotatable bonds is 6. The fraction of sp³-hybridized carbons (Fsp3) is 0.188. The molecule has 0 aliphatic heterocycles. The number of methoxy groups -OCH3 is 2. The Morgan fingerprint density at radius 2 is 1.71 bits per heavy atom. The molecule has 0 aromatic heterocycles. The Morgan fingerprint density at radius 3 is 2.29 bits per heavy atom. The molecule has 0 unspecified atom stereocenters. The Kier molecular flexibility index (Phi) is 5.06. The number of hydrogen-bond acceptors (Lipinski definition) is 4. The number of halogens is 1. The molecule has 2 rings (SSSR count). The zero-order valence-electron chi connectivity index (χ0n) is 11.8. The SMILES string of the molecule is COc1cc(C(=O)Cl)cc(OCc2ccccc2)c1OC. The van der Waals surface area contributed by atoms with E-state index in [9.17, 15) is 4.79 Å². The summed E-state index contributed by atoms with van der Waals surface area (Å²) in [5.41, 5.74) is 1.29. The first kappa shape index (κ1) is 15.2. The van der Waals surface area contributed by atoms with Crippen LogP contribution in [0.1, 0.15) is 15.9 Å².